The van der Waals surface area contributed by atoms with Gasteiger partial charge in [-0.1, -0.05) is 0 Å². The van der Waals surface area contributed by atoms with Crippen molar-refractivity contribution in [3.63, 3.8) is 0 Å². The van der Waals surface area contributed by atoms with Crippen molar-refractivity contribution in [3.8, 4) is 5.92 Å². The van der Waals surface area contributed by atoms with E-state index in [1.54, 1.807) is 6.92 Å². The fourth-order valence-electron chi connectivity index (χ4n) is 0. The minimum atomic E-state index is 0. The Kier molecular flexibility index (Phi) is 23.8. The Hall–Kier alpha value is 0.209. The normalized spacial score (nSPS) is 2.00. The second-order valence-corrected chi connectivity index (χ2v) is 0.250. The van der Waals surface area contributed by atoms with Crippen molar-refractivity contribution in [2.24, 2.45) is 0 Å². The number of hydrogen-bond acceptors (Lipinski definition) is 0. The van der Waals surface area contributed by atoms with E-state index in [4.69, 9.17) is 6.42 Å². The molecule has 0 aromatic rings. The molecule has 0 aliphatic carbocycles. The first-order valence-corrected chi connectivity index (χ1v) is 0.750. The Morgan fingerprint density at radius 1 is 1.75 bits per heavy atom. The first-order chi connectivity index (χ1) is 1.41. The van der Waals surface area contributed by atoms with E-state index in [-0.39, 0.29) is 20.1 Å². The monoisotopic (exact) mass is 232 g/mol. The van der Waals surface area contributed by atoms with Crippen LogP contribution in [0.4, 0.5) is 0 Å². The third kappa shape index (κ3) is 73.7. The van der Waals surface area contributed by atoms with Crippen molar-refractivity contribution in [2.45, 2.75) is 6.92 Å². The van der Waals surface area contributed by atoms with Crippen molar-refractivity contribution in [1.82, 2.24) is 0 Å². The summed E-state index contributed by atoms with van der Waals surface area (Å²) >= 11 is 0. The summed E-state index contributed by atoms with van der Waals surface area (Å²) < 4.78 is 0. The maximum Gasteiger partial charge on any atom is 0 e. The Labute approximate surface area is 39.9 Å². The molecule has 25 valence electrons. The van der Waals surface area contributed by atoms with Gasteiger partial charge in [-0.15, -0.1) is 0 Å². The molecule has 0 unspecified atom stereocenters. The van der Waals surface area contributed by atoms with Crippen LogP contribution in [0, 0.1) is 12.3 Å². The van der Waals surface area contributed by atoms with Crippen LogP contribution in [0.2, 0.25) is 0 Å². The Morgan fingerprint density at radius 2 is 1.75 bits per heavy atom. The smallest absolute Gasteiger partial charge is 0 e. The van der Waals surface area contributed by atoms with Crippen molar-refractivity contribution in [2.75, 3.05) is 0 Å². The van der Waals surface area contributed by atoms with E-state index in [2.05, 4.69) is 0 Å². The third-order valence-corrected chi connectivity index (χ3v) is 0. The average molecular weight is 231 g/mol. The van der Waals surface area contributed by atoms with Gasteiger partial charge < -0.3 is 12.3 Å². The van der Waals surface area contributed by atoms with Crippen molar-refractivity contribution < 1.29 is 20.1 Å². The SMILES string of the molecule is [C-]#CC.[Ir]. The van der Waals surface area contributed by atoms with Crippen LogP contribution < -0.4 is 0 Å². The zero-order chi connectivity index (χ0) is 2.71. The number of rotatable bonds is 0. The van der Waals surface area contributed by atoms with Crippen LogP contribution in [0.25, 0.3) is 0 Å². The van der Waals surface area contributed by atoms with E-state index in [0.29, 0.717) is 0 Å². The van der Waals surface area contributed by atoms with Gasteiger partial charge in [-0.25, -0.2) is 0 Å². The van der Waals surface area contributed by atoms with E-state index >= 15 is 0 Å². The second-order valence-electron chi connectivity index (χ2n) is 0.250. The van der Waals surface area contributed by atoms with Crippen LogP contribution in [0.1, 0.15) is 6.92 Å². The van der Waals surface area contributed by atoms with Gasteiger partial charge in [0.1, 0.15) is 0 Å². The Bertz CT molecular complexity index is 24.8. The third-order valence-electron chi connectivity index (χ3n) is 0. The molecule has 0 spiro atoms. The fourth-order valence-corrected chi connectivity index (χ4v) is 0. The molecule has 0 aliphatic rings. The fraction of sp³-hybridized carbons (Fsp3) is 0.333. The topological polar surface area (TPSA) is 0 Å². The molecule has 1 heteroatoms. The van der Waals surface area contributed by atoms with Gasteiger partial charge in [0, 0.05) is 20.1 Å². The molecule has 1 radical (unpaired) electrons. The molecule has 0 fully saturated rings. The van der Waals surface area contributed by atoms with Crippen LogP contribution in [-0.2, 0) is 20.1 Å². The van der Waals surface area contributed by atoms with Gasteiger partial charge >= 0.3 is 0 Å². The molecule has 0 aromatic carbocycles. The van der Waals surface area contributed by atoms with Crippen LogP contribution in [0.5, 0.6) is 0 Å². The van der Waals surface area contributed by atoms with E-state index in [1.165, 1.54) is 0 Å². The minimum Gasteiger partial charge on any atom is -0.694 e. The minimum absolute atomic E-state index is 0. The molecule has 0 saturated heterocycles. The zero-order valence-corrected chi connectivity index (χ0v) is 4.73. The molecule has 0 N–H and O–H groups in total. The van der Waals surface area contributed by atoms with Gasteiger partial charge in [0.2, 0.25) is 0 Å². The molecule has 0 aromatic heterocycles. The van der Waals surface area contributed by atoms with Gasteiger partial charge in [-0.05, 0) is 6.92 Å². The molecule has 0 heterocycles. The summed E-state index contributed by atoms with van der Waals surface area (Å²) in [5.74, 6) is 2.00. The average Bonchev–Trinajstić information content (AvgIpc) is 0.918. The molecule has 0 rings (SSSR count). The van der Waals surface area contributed by atoms with Crippen molar-refractivity contribution in [3.05, 3.63) is 6.42 Å². The molecule has 0 nitrogen and oxygen atoms in total. The summed E-state index contributed by atoms with van der Waals surface area (Å²) in [6.07, 6.45) is 5.96. The second kappa shape index (κ2) is 10.7. The molecule has 0 amide bonds. The van der Waals surface area contributed by atoms with Crippen LogP contribution >= 0.6 is 0 Å². The standard InChI is InChI=1S/C3H3.Ir/c1-3-2;/h1H3;/q-1;. The van der Waals surface area contributed by atoms with E-state index in [1.807, 2.05) is 5.92 Å². The van der Waals surface area contributed by atoms with Crippen LogP contribution in [0.3, 0.4) is 0 Å². The molecular formula is C3H3Ir-. The Morgan fingerprint density at radius 3 is 1.75 bits per heavy atom. The first kappa shape index (κ1) is 8.88. The maximum absolute atomic E-state index is 5.96. The predicted molar refractivity (Wildman–Crippen MR) is 12.8 cm³/mol. The molecule has 4 heavy (non-hydrogen) atoms. The van der Waals surface area contributed by atoms with Crippen molar-refractivity contribution >= 4 is 0 Å². The van der Waals surface area contributed by atoms with Gasteiger partial charge in [0.05, 0.1) is 0 Å². The summed E-state index contributed by atoms with van der Waals surface area (Å²) in [6.45, 7) is 1.54. The quantitative estimate of drug-likeness (QED) is 0.423. The summed E-state index contributed by atoms with van der Waals surface area (Å²) in [5.41, 5.74) is 0. The largest absolute Gasteiger partial charge is 0.694 e. The van der Waals surface area contributed by atoms with Gasteiger partial charge in [0.25, 0.3) is 0 Å². The van der Waals surface area contributed by atoms with Gasteiger partial charge in [-0.2, -0.15) is 0 Å². The molecule has 0 saturated carbocycles. The van der Waals surface area contributed by atoms with E-state index < -0.39 is 0 Å². The summed E-state index contributed by atoms with van der Waals surface area (Å²) in [4.78, 5) is 0. The summed E-state index contributed by atoms with van der Waals surface area (Å²) in [5, 5.41) is 0. The van der Waals surface area contributed by atoms with Crippen LogP contribution in [-0.4, -0.2) is 0 Å². The zero-order valence-electron chi connectivity index (χ0n) is 2.33. The Balaban J connectivity index is 0. The molecular weight excluding hydrogens is 228 g/mol. The molecule has 0 atom stereocenters. The molecule has 0 bridgehead atoms. The van der Waals surface area contributed by atoms with Crippen LogP contribution in [0.15, 0.2) is 0 Å². The van der Waals surface area contributed by atoms with Gasteiger partial charge in [0.15, 0.2) is 0 Å². The summed E-state index contributed by atoms with van der Waals surface area (Å²) in [7, 11) is 0. The predicted octanol–water partition coefficient (Wildman–Crippen LogP) is 0.594. The van der Waals surface area contributed by atoms with Crippen molar-refractivity contribution in [1.29, 1.82) is 0 Å². The van der Waals surface area contributed by atoms with Gasteiger partial charge in [-0.3, -0.25) is 0 Å². The first-order valence-electron chi connectivity index (χ1n) is 0.750. The maximum atomic E-state index is 5.96. The summed E-state index contributed by atoms with van der Waals surface area (Å²) in [6, 6.07) is 0. The van der Waals surface area contributed by atoms with E-state index in [0.717, 1.165) is 0 Å². The van der Waals surface area contributed by atoms with E-state index in [9.17, 15) is 0 Å². The molecule has 0 aliphatic heterocycles. The number of hydrogen-bond donors (Lipinski definition) is 0.